The number of aryl methyl sites for hydroxylation is 1. The van der Waals surface area contributed by atoms with Crippen LogP contribution >= 0.6 is 0 Å². The summed E-state index contributed by atoms with van der Waals surface area (Å²) in [6.45, 7) is 2.01. The predicted molar refractivity (Wildman–Crippen MR) is 71.0 cm³/mol. The van der Waals surface area contributed by atoms with Crippen LogP contribution in [0.3, 0.4) is 0 Å². The van der Waals surface area contributed by atoms with Gasteiger partial charge in [0.2, 0.25) is 0 Å². The molecule has 0 aromatic carbocycles. The molecule has 0 radical (unpaired) electrons. The highest BCUT2D eigenvalue weighted by Gasteiger charge is 2.54. The quantitative estimate of drug-likeness (QED) is 0.860. The van der Waals surface area contributed by atoms with Gasteiger partial charge in [0.25, 0.3) is 0 Å². The van der Waals surface area contributed by atoms with Crippen LogP contribution in [0.4, 0.5) is 0 Å². The summed E-state index contributed by atoms with van der Waals surface area (Å²) in [7, 11) is 0. The largest absolute Gasteiger partial charge is 0.465 e. The van der Waals surface area contributed by atoms with E-state index in [1.165, 1.54) is 38.5 Å². The van der Waals surface area contributed by atoms with E-state index in [9.17, 15) is 0 Å². The van der Waals surface area contributed by atoms with E-state index in [4.69, 9.17) is 10.2 Å². The molecule has 2 N–H and O–H groups in total. The second kappa shape index (κ2) is 3.63. The standard InChI is InChI=1S/C16H23NO/c1-10-2-3-14(18-10)15(17)16-7-11-4-12(8-16)6-13(5-11)9-16/h2-3,11-13,15H,4-9,17H2,1H3. The Kier molecular flexibility index (Phi) is 2.24. The predicted octanol–water partition coefficient (Wildman–Crippen LogP) is 3.80. The number of hydrogen-bond acceptors (Lipinski definition) is 2. The van der Waals surface area contributed by atoms with E-state index in [1.54, 1.807) is 0 Å². The molecule has 0 aliphatic heterocycles. The molecule has 2 heteroatoms. The van der Waals surface area contributed by atoms with Gasteiger partial charge in [-0.2, -0.15) is 0 Å². The highest BCUT2D eigenvalue weighted by molar-refractivity contribution is 5.16. The van der Waals surface area contributed by atoms with Gasteiger partial charge in [-0.15, -0.1) is 0 Å². The fourth-order valence-electron chi connectivity index (χ4n) is 5.48. The molecule has 4 bridgehead atoms. The molecule has 4 fully saturated rings. The molecule has 4 aliphatic carbocycles. The van der Waals surface area contributed by atoms with E-state index in [2.05, 4.69) is 12.1 Å². The van der Waals surface area contributed by atoms with Crippen LogP contribution in [-0.2, 0) is 0 Å². The zero-order valence-electron chi connectivity index (χ0n) is 11.2. The Morgan fingerprint density at radius 3 is 2.11 bits per heavy atom. The van der Waals surface area contributed by atoms with Crippen LogP contribution in [0.1, 0.15) is 56.1 Å². The van der Waals surface area contributed by atoms with Crippen LogP contribution < -0.4 is 5.73 Å². The summed E-state index contributed by atoms with van der Waals surface area (Å²) in [6, 6.07) is 4.27. The van der Waals surface area contributed by atoms with Crippen molar-refractivity contribution < 1.29 is 4.42 Å². The summed E-state index contributed by atoms with van der Waals surface area (Å²) >= 11 is 0. The summed E-state index contributed by atoms with van der Waals surface area (Å²) < 4.78 is 5.81. The molecule has 4 saturated carbocycles. The second-order valence-electron chi connectivity index (χ2n) is 7.21. The van der Waals surface area contributed by atoms with Crippen molar-refractivity contribution in [3.8, 4) is 0 Å². The summed E-state index contributed by atoms with van der Waals surface area (Å²) in [4.78, 5) is 0. The van der Waals surface area contributed by atoms with Crippen LogP contribution in [0.15, 0.2) is 16.5 Å². The number of hydrogen-bond donors (Lipinski definition) is 1. The molecule has 1 heterocycles. The fraction of sp³-hybridized carbons (Fsp3) is 0.750. The molecule has 5 rings (SSSR count). The van der Waals surface area contributed by atoms with Crippen molar-refractivity contribution in [3.05, 3.63) is 23.7 Å². The van der Waals surface area contributed by atoms with Gasteiger partial charge in [0, 0.05) is 0 Å². The Balaban J connectivity index is 1.67. The average molecular weight is 245 g/mol. The minimum Gasteiger partial charge on any atom is -0.465 e. The van der Waals surface area contributed by atoms with Gasteiger partial charge in [-0.05, 0) is 80.8 Å². The van der Waals surface area contributed by atoms with Gasteiger partial charge < -0.3 is 10.2 Å². The van der Waals surface area contributed by atoms with Gasteiger partial charge >= 0.3 is 0 Å². The normalized spacial score (nSPS) is 43.3. The molecule has 0 saturated heterocycles. The molecule has 1 aromatic rings. The first-order valence-corrected chi connectivity index (χ1v) is 7.46. The van der Waals surface area contributed by atoms with Crippen molar-refractivity contribution in [3.63, 3.8) is 0 Å². The van der Waals surface area contributed by atoms with E-state index < -0.39 is 0 Å². The zero-order chi connectivity index (χ0) is 12.3. The van der Waals surface area contributed by atoms with Crippen molar-refractivity contribution in [2.24, 2.45) is 28.9 Å². The van der Waals surface area contributed by atoms with Crippen LogP contribution in [0, 0.1) is 30.1 Å². The first-order chi connectivity index (χ1) is 8.64. The Bertz CT molecular complexity index is 426. The highest BCUT2D eigenvalue weighted by atomic mass is 16.3. The van der Waals surface area contributed by atoms with Crippen LogP contribution in [-0.4, -0.2) is 0 Å². The average Bonchev–Trinajstić information content (AvgIpc) is 2.73. The van der Waals surface area contributed by atoms with Gasteiger partial charge in [0.05, 0.1) is 6.04 Å². The Hall–Kier alpha value is -0.760. The number of nitrogens with two attached hydrogens (primary N) is 1. The fourth-order valence-corrected chi connectivity index (χ4v) is 5.48. The van der Waals surface area contributed by atoms with Gasteiger partial charge in [-0.3, -0.25) is 0 Å². The summed E-state index contributed by atoms with van der Waals surface area (Å²) in [5.41, 5.74) is 6.97. The molecular weight excluding hydrogens is 222 g/mol. The third-order valence-electron chi connectivity index (χ3n) is 5.81. The lowest BCUT2D eigenvalue weighted by Gasteiger charge is -2.58. The lowest BCUT2D eigenvalue weighted by Crippen LogP contribution is -2.50. The molecule has 1 atom stereocenters. The molecule has 0 spiro atoms. The van der Waals surface area contributed by atoms with Crippen molar-refractivity contribution in [1.82, 2.24) is 0 Å². The molecule has 18 heavy (non-hydrogen) atoms. The van der Waals surface area contributed by atoms with Crippen LogP contribution in [0.5, 0.6) is 0 Å². The maximum absolute atomic E-state index is 6.61. The van der Waals surface area contributed by atoms with Gasteiger partial charge in [0.1, 0.15) is 11.5 Å². The highest BCUT2D eigenvalue weighted by Crippen LogP contribution is 2.63. The van der Waals surface area contributed by atoms with Crippen LogP contribution in [0.25, 0.3) is 0 Å². The van der Waals surface area contributed by atoms with Gasteiger partial charge in [0.15, 0.2) is 0 Å². The number of furan rings is 1. The van der Waals surface area contributed by atoms with E-state index in [-0.39, 0.29) is 6.04 Å². The lowest BCUT2D eigenvalue weighted by atomic mass is 9.47. The van der Waals surface area contributed by atoms with Gasteiger partial charge in [-0.1, -0.05) is 0 Å². The lowest BCUT2D eigenvalue weighted by molar-refractivity contribution is -0.0710. The van der Waals surface area contributed by atoms with Crippen molar-refractivity contribution in [2.45, 2.75) is 51.5 Å². The molecule has 1 unspecified atom stereocenters. The Morgan fingerprint density at radius 2 is 1.67 bits per heavy atom. The molecule has 0 amide bonds. The first kappa shape index (κ1) is 11.1. The van der Waals surface area contributed by atoms with Crippen molar-refractivity contribution in [2.75, 3.05) is 0 Å². The molecule has 98 valence electrons. The third-order valence-corrected chi connectivity index (χ3v) is 5.81. The SMILES string of the molecule is Cc1ccc(C(N)C23CC4CC(CC(C4)C2)C3)o1. The zero-order valence-corrected chi connectivity index (χ0v) is 11.2. The smallest absolute Gasteiger partial charge is 0.121 e. The number of rotatable bonds is 2. The summed E-state index contributed by atoms with van der Waals surface area (Å²) in [6.07, 6.45) is 8.47. The van der Waals surface area contributed by atoms with Crippen LogP contribution in [0.2, 0.25) is 0 Å². The van der Waals surface area contributed by atoms with Gasteiger partial charge in [-0.25, -0.2) is 0 Å². The minimum absolute atomic E-state index is 0.125. The van der Waals surface area contributed by atoms with E-state index in [0.717, 1.165) is 29.3 Å². The van der Waals surface area contributed by atoms with E-state index in [1.807, 2.05) is 6.92 Å². The Labute approximate surface area is 109 Å². The third kappa shape index (κ3) is 1.51. The maximum Gasteiger partial charge on any atom is 0.121 e. The molecule has 2 nitrogen and oxygen atoms in total. The first-order valence-electron chi connectivity index (χ1n) is 7.46. The topological polar surface area (TPSA) is 39.2 Å². The minimum atomic E-state index is 0.125. The monoisotopic (exact) mass is 245 g/mol. The molecule has 4 aliphatic rings. The second-order valence-corrected chi connectivity index (χ2v) is 7.21. The summed E-state index contributed by atoms with van der Waals surface area (Å²) in [5, 5.41) is 0. The van der Waals surface area contributed by atoms with Crippen molar-refractivity contribution in [1.29, 1.82) is 0 Å². The van der Waals surface area contributed by atoms with Crippen molar-refractivity contribution >= 4 is 0 Å². The summed E-state index contributed by atoms with van der Waals surface area (Å²) in [5.74, 6) is 4.88. The Morgan fingerprint density at radius 1 is 1.11 bits per heavy atom. The van der Waals surface area contributed by atoms with E-state index >= 15 is 0 Å². The molecular formula is C16H23NO. The van der Waals surface area contributed by atoms with E-state index in [0.29, 0.717) is 5.41 Å². The molecule has 1 aromatic heterocycles. The maximum atomic E-state index is 6.61.